The van der Waals surface area contributed by atoms with Gasteiger partial charge in [0.2, 0.25) is 0 Å². The Bertz CT molecular complexity index is 765. The molecule has 3 rings (SSSR count). The van der Waals surface area contributed by atoms with Gasteiger partial charge < -0.3 is 10.3 Å². The van der Waals surface area contributed by atoms with Gasteiger partial charge in [-0.3, -0.25) is 0 Å². The maximum atomic E-state index is 13.5. The molecule has 2 aromatic carbocycles. The molecule has 2 N–H and O–H groups in total. The number of rotatable bonds is 3. The van der Waals surface area contributed by atoms with Gasteiger partial charge in [0, 0.05) is 24.9 Å². The van der Waals surface area contributed by atoms with Crippen LogP contribution in [-0.4, -0.2) is 4.98 Å². The van der Waals surface area contributed by atoms with Crippen molar-refractivity contribution in [2.45, 2.75) is 6.54 Å². The van der Waals surface area contributed by atoms with Crippen molar-refractivity contribution in [3.8, 4) is 0 Å². The molecule has 1 aromatic heterocycles. The normalized spacial score (nSPS) is 10.9. The number of anilines is 1. The lowest BCUT2D eigenvalue weighted by Gasteiger charge is -2.09. The number of halogens is 3. The molecule has 0 saturated heterocycles. The van der Waals surface area contributed by atoms with Crippen LogP contribution in [0.3, 0.4) is 0 Å². The average molecular weight is 276 g/mol. The molecular weight excluding hydrogens is 265 g/mol. The van der Waals surface area contributed by atoms with E-state index >= 15 is 0 Å². The zero-order valence-electron chi connectivity index (χ0n) is 10.4. The van der Waals surface area contributed by atoms with E-state index in [2.05, 4.69) is 10.3 Å². The summed E-state index contributed by atoms with van der Waals surface area (Å²) in [5.41, 5.74) is 1.61. The van der Waals surface area contributed by atoms with Crippen molar-refractivity contribution in [1.82, 2.24) is 4.98 Å². The zero-order valence-corrected chi connectivity index (χ0v) is 10.4. The Morgan fingerprint density at radius 3 is 2.75 bits per heavy atom. The second-order valence-corrected chi connectivity index (χ2v) is 4.46. The molecule has 5 heteroatoms. The third-order valence-corrected chi connectivity index (χ3v) is 3.14. The first-order valence-corrected chi connectivity index (χ1v) is 6.08. The van der Waals surface area contributed by atoms with E-state index in [0.717, 1.165) is 22.5 Å². The maximum Gasteiger partial charge on any atom is 0.182 e. The molecule has 0 fully saturated rings. The largest absolute Gasteiger partial charge is 0.378 e. The van der Waals surface area contributed by atoms with Gasteiger partial charge in [-0.2, -0.15) is 0 Å². The molecule has 0 saturated carbocycles. The van der Waals surface area contributed by atoms with Crippen LogP contribution in [0.25, 0.3) is 10.9 Å². The van der Waals surface area contributed by atoms with E-state index in [-0.39, 0.29) is 12.2 Å². The third-order valence-electron chi connectivity index (χ3n) is 3.14. The van der Waals surface area contributed by atoms with Crippen molar-refractivity contribution < 1.29 is 13.2 Å². The summed E-state index contributed by atoms with van der Waals surface area (Å²) in [7, 11) is 0. The molecular formula is C15H11F3N2. The number of hydrogen-bond acceptors (Lipinski definition) is 1. The predicted octanol–water partition coefficient (Wildman–Crippen LogP) is 4.20. The molecule has 0 unspecified atom stereocenters. The minimum absolute atomic E-state index is 0.189. The third kappa shape index (κ3) is 2.22. The van der Waals surface area contributed by atoms with E-state index in [1.54, 1.807) is 6.20 Å². The highest BCUT2D eigenvalue weighted by Gasteiger charge is 2.11. The second-order valence-electron chi connectivity index (χ2n) is 4.46. The van der Waals surface area contributed by atoms with Gasteiger partial charge in [-0.25, -0.2) is 13.2 Å². The van der Waals surface area contributed by atoms with E-state index in [0.29, 0.717) is 6.07 Å². The van der Waals surface area contributed by atoms with Gasteiger partial charge in [-0.15, -0.1) is 0 Å². The molecule has 0 atom stereocenters. The van der Waals surface area contributed by atoms with Gasteiger partial charge in [0.25, 0.3) is 0 Å². The Kier molecular flexibility index (Phi) is 3.10. The minimum atomic E-state index is -1.20. The first kappa shape index (κ1) is 12.6. The summed E-state index contributed by atoms with van der Waals surface area (Å²) in [6.45, 7) is 0.262. The molecule has 0 bridgehead atoms. The van der Waals surface area contributed by atoms with Crippen molar-refractivity contribution >= 4 is 16.6 Å². The van der Waals surface area contributed by atoms with E-state index < -0.39 is 17.5 Å². The highest BCUT2D eigenvalue weighted by atomic mass is 19.2. The van der Waals surface area contributed by atoms with Crippen LogP contribution in [0.4, 0.5) is 18.9 Å². The lowest BCUT2D eigenvalue weighted by Crippen LogP contribution is -2.04. The van der Waals surface area contributed by atoms with Crippen molar-refractivity contribution in [2.75, 3.05) is 5.32 Å². The Morgan fingerprint density at radius 1 is 1.05 bits per heavy atom. The Labute approximate surface area is 113 Å². The molecule has 0 aliphatic heterocycles. The fraction of sp³-hybridized carbons (Fsp3) is 0.0667. The van der Waals surface area contributed by atoms with E-state index in [9.17, 15) is 13.2 Å². The Hall–Kier alpha value is -2.43. The van der Waals surface area contributed by atoms with Gasteiger partial charge >= 0.3 is 0 Å². The van der Waals surface area contributed by atoms with Gasteiger partial charge in [-0.05, 0) is 17.0 Å². The first-order valence-electron chi connectivity index (χ1n) is 6.08. The van der Waals surface area contributed by atoms with Crippen molar-refractivity contribution in [2.24, 2.45) is 0 Å². The number of hydrogen-bond donors (Lipinski definition) is 2. The van der Waals surface area contributed by atoms with E-state index in [1.165, 1.54) is 0 Å². The smallest absolute Gasteiger partial charge is 0.182 e. The number of H-pyrrole nitrogens is 1. The second kappa shape index (κ2) is 4.92. The highest BCUT2D eigenvalue weighted by Crippen LogP contribution is 2.22. The van der Waals surface area contributed by atoms with Crippen LogP contribution >= 0.6 is 0 Å². The van der Waals surface area contributed by atoms with Crippen LogP contribution in [0.1, 0.15) is 5.56 Å². The SMILES string of the molecule is Fc1cc(F)c(F)c(NCc2cccc3cc[nH]c23)c1. The topological polar surface area (TPSA) is 27.8 Å². The standard InChI is InChI=1S/C15H11F3N2/c16-11-6-12(17)14(18)13(7-11)20-8-10-3-1-2-9-4-5-19-15(9)10/h1-7,19-20H,8H2. The van der Waals surface area contributed by atoms with Crippen molar-refractivity contribution in [1.29, 1.82) is 0 Å². The summed E-state index contributed by atoms with van der Waals surface area (Å²) in [5.74, 6) is -3.10. The Morgan fingerprint density at radius 2 is 1.90 bits per heavy atom. The van der Waals surface area contributed by atoms with Crippen molar-refractivity contribution in [3.63, 3.8) is 0 Å². The first-order chi connectivity index (χ1) is 9.65. The van der Waals surface area contributed by atoms with Gasteiger partial charge in [0.05, 0.1) is 11.2 Å². The summed E-state index contributed by atoms with van der Waals surface area (Å²) in [6, 6.07) is 9.05. The van der Waals surface area contributed by atoms with Gasteiger partial charge in [-0.1, -0.05) is 18.2 Å². The molecule has 102 valence electrons. The number of fused-ring (bicyclic) bond motifs is 1. The van der Waals surface area contributed by atoms with Crippen LogP contribution < -0.4 is 5.32 Å². The van der Waals surface area contributed by atoms with Crippen LogP contribution in [0, 0.1) is 17.5 Å². The molecule has 0 aliphatic rings. The van der Waals surface area contributed by atoms with Crippen LogP contribution in [0.15, 0.2) is 42.6 Å². The summed E-state index contributed by atoms with van der Waals surface area (Å²) < 4.78 is 39.7. The zero-order chi connectivity index (χ0) is 14.1. The lowest BCUT2D eigenvalue weighted by atomic mass is 10.1. The molecule has 0 spiro atoms. The van der Waals surface area contributed by atoms with Gasteiger partial charge in [0.1, 0.15) is 5.82 Å². The van der Waals surface area contributed by atoms with Crippen LogP contribution in [-0.2, 0) is 6.54 Å². The number of para-hydroxylation sites is 1. The highest BCUT2D eigenvalue weighted by molar-refractivity contribution is 5.82. The molecule has 2 nitrogen and oxygen atoms in total. The quantitative estimate of drug-likeness (QED) is 0.689. The molecule has 1 heterocycles. The molecule has 20 heavy (non-hydrogen) atoms. The summed E-state index contributed by atoms with van der Waals surface area (Å²) in [6.07, 6.45) is 1.80. The monoisotopic (exact) mass is 276 g/mol. The van der Waals surface area contributed by atoms with E-state index in [1.807, 2.05) is 24.3 Å². The lowest BCUT2D eigenvalue weighted by molar-refractivity contribution is 0.497. The van der Waals surface area contributed by atoms with Crippen LogP contribution in [0.2, 0.25) is 0 Å². The number of nitrogens with one attached hydrogen (secondary N) is 2. The molecule has 0 amide bonds. The summed E-state index contributed by atoms with van der Waals surface area (Å²) in [4.78, 5) is 3.08. The van der Waals surface area contributed by atoms with E-state index in [4.69, 9.17) is 0 Å². The maximum absolute atomic E-state index is 13.5. The summed E-state index contributed by atoms with van der Waals surface area (Å²) in [5, 5.41) is 3.74. The Balaban J connectivity index is 1.88. The van der Waals surface area contributed by atoms with Gasteiger partial charge in [0.15, 0.2) is 11.6 Å². The number of aromatic amines is 1. The summed E-state index contributed by atoms with van der Waals surface area (Å²) >= 11 is 0. The minimum Gasteiger partial charge on any atom is -0.378 e. The number of benzene rings is 2. The average Bonchev–Trinajstić information content (AvgIpc) is 2.90. The number of aromatic nitrogens is 1. The molecule has 0 aliphatic carbocycles. The van der Waals surface area contributed by atoms with Crippen molar-refractivity contribution in [3.05, 3.63) is 65.6 Å². The predicted molar refractivity (Wildman–Crippen MR) is 71.9 cm³/mol. The van der Waals surface area contributed by atoms with Crippen LogP contribution in [0.5, 0.6) is 0 Å². The fourth-order valence-electron chi connectivity index (χ4n) is 2.17. The molecule has 0 radical (unpaired) electrons. The fourth-order valence-corrected chi connectivity index (χ4v) is 2.17. The molecule has 3 aromatic rings.